The van der Waals surface area contributed by atoms with E-state index in [4.69, 9.17) is 0 Å². The van der Waals surface area contributed by atoms with Crippen LogP contribution in [0, 0.1) is 0 Å². The summed E-state index contributed by atoms with van der Waals surface area (Å²) in [5.41, 5.74) is 0.375. The lowest BCUT2D eigenvalue weighted by Crippen LogP contribution is -2.12. The number of hydrogen-bond acceptors (Lipinski definition) is 4. The number of nitrogens with one attached hydrogen (secondary N) is 3. The van der Waals surface area contributed by atoms with Gasteiger partial charge in [-0.1, -0.05) is 0 Å². The Morgan fingerprint density at radius 2 is 2.21 bits per heavy atom. The van der Waals surface area contributed by atoms with Crippen LogP contribution in [0.1, 0.15) is 0 Å². The SMILES string of the molecule is O=S(=O)(Nc1cn[nH]c1)c1ccn[nH]1. The second-order valence-corrected chi connectivity index (χ2v) is 4.16. The number of hydrogen-bond donors (Lipinski definition) is 3. The molecular formula is C6H7N5O2S. The summed E-state index contributed by atoms with van der Waals surface area (Å²) in [6, 6.07) is 1.36. The van der Waals surface area contributed by atoms with E-state index in [2.05, 4.69) is 25.1 Å². The smallest absolute Gasteiger partial charge is 0.278 e. The zero-order valence-electron chi connectivity index (χ0n) is 6.93. The highest BCUT2D eigenvalue weighted by Crippen LogP contribution is 2.10. The van der Waals surface area contributed by atoms with E-state index in [-0.39, 0.29) is 5.03 Å². The first-order chi connectivity index (χ1) is 6.68. The molecule has 8 heteroatoms. The van der Waals surface area contributed by atoms with Crippen LogP contribution >= 0.6 is 0 Å². The third-order valence-corrected chi connectivity index (χ3v) is 2.83. The maximum atomic E-state index is 11.5. The molecule has 0 radical (unpaired) electrons. The Hall–Kier alpha value is -1.83. The first kappa shape index (κ1) is 8.75. The summed E-state index contributed by atoms with van der Waals surface area (Å²) >= 11 is 0. The van der Waals surface area contributed by atoms with E-state index in [0.29, 0.717) is 5.69 Å². The minimum atomic E-state index is -3.57. The van der Waals surface area contributed by atoms with Gasteiger partial charge in [0.15, 0.2) is 5.03 Å². The van der Waals surface area contributed by atoms with Gasteiger partial charge in [-0.2, -0.15) is 18.6 Å². The van der Waals surface area contributed by atoms with Gasteiger partial charge in [-0.15, -0.1) is 0 Å². The molecule has 2 rings (SSSR count). The van der Waals surface area contributed by atoms with Crippen molar-refractivity contribution in [2.24, 2.45) is 0 Å². The maximum Gasteiger partial charge on any atom is 0.278 e. The van der Waals surface area contributed by atoms with E-state index < -0.39 is 10.0 Å². The molecule has 0 aromatic carbocycles. The molecule has 0 saturated carbocycles. The number of anilines is 1. The molecule has 3 N–H and O–H groups in total. The zero-order chi connectivity index (χ0) is 10.0. The van der Waals surface area contributed by atoms with Crippen molar-refractivity contribution < 1.29 is 8.42 Å². The van der Waals surface area contributed by atoms with E-state index in [1.54, 1.807) is 0 Å². The van der Waals surface area contributed by atoms with Crippen LogP contribution in [-0.2, 0) is 10.0 Å². The number of nitrogens with zero attached hydrogens (tertiary/aromatic N) is 2. The van der Waals surface area contributed by atoms with Crippen molar-refractivity contribution in [2.45, 2.75) is 5.03 Å². The summed E-state index contributed by atoms with van der Waals surface area (Å²) in [6.45, 7) is 0. The quantitative estimate of drug-likeness (QED) is 0.664. The minimum absolute atomic E-state index is 0.0127. The molecule has 0 aliphatic rings. The van der Waals surface area contributed by atoms with Crippen molar-refractivity contribution in [3.63, 3.8) is 0 Å². The molecule has 74 valence electrons. The van der Waals surface area contributed by atoms with Gasteiger partial charge >= 0.3 is 0 Å². The molecule has 0 bridgehead atoms. The Labute approximate surface area is 79.6 Å². The van der Waals surface area contributed by atoms with Crippen molar-refractivity contribution >= 4 is 15.7 Å². The fourth-order valence-electron chi connectivity index (χ4n) is 0.910. The summed E-state index contributed by atoms with van der Waals surface area (Å²) < 4.78 is 25.4. The molecule has 2 aromatic heterocycles. The lowest BCUT2D eigenvalue weighted by molar-refractivity contribution is 0.597. The predicted octanol–water partition coefficient (Wildman–Crippen LogP) is -0.0664. The van der Waals surface area contributed by atoms with E-state index in [9.17, 15) is 8.42 Å². The number of aromatic nitrogens is 4. The van der Waals surface area contributed by atoms with Gasteiger partial charge in [0.05, 0.1) is 18.1 Å². The third kappa shape index (κ3) is 1.59. The largest absolute Gasteiger partial charge is 0.284 e. The van der Waals surface area contributed by atoms with E-state index in [1.807, 2.05) is 0 Å². The standard InChI is InChI=1S/C6H7N5O2S/c12-14(13,6-1-2-7-10-6)11-5-3-8-9-4-5/h1-4,11H,(H,7,10)(H,8,9). The Bertz CT molecular complexity index is 486. The normalized spacial score (nSPS) is 11.4. The van der Waals surface area contributed by atoms with Crippen LogP contribution in [0.3, 0.4) is 0 Å². The molecular weight excluding hydrogens is 206 g/mol. The number of H-pyrrole nitrogens is 2. The summed E-state index contributed by atoms with van der Waals surface area (Å²) in [7, 11) is -3.57. The number of aromatic amines is 2. The zero-order valence-corrected chi connectivity index (χ0v) is 7.75. The molecule has 0 aliphatic carbocycles. The van der Waals surface area contributed by atoms with Crippen LogP contribution in [0.4, 0.5) is 5.69 Å². The van der Waals surface area contributed by atoms with Crippen LogP contribution < -0.4 is 4.72 Å². The number of rotatable bonds is 3. The lowest BCUT2D eigenvalue weighted by Gasteiger charge is -2.01. The highest BCUT2D eigenvalue weighted by atomic mass is 32.2. The fraction of sp³-hybridized carbons (Fsp3) is 0. The molecule has 7 nitrogen and oxygen atoms in total. The summed E-state index contributed by atoms with van der Waals surface area (Å²) in [5, 5.41) is 12.0. The van der Waals surface area contributed by atoms with Crippen molar-refractivity contribution in [1.82, 2.24) is 20.4 Å². The summed E-state index contributed by atoms with van der Waals surface area (Å²) in [5.74, 6) is 0. The molecule has 0 spiro atoms. The second-order valence-electron chi connectivity index (χ2n) is 2.51. The average molecular weight is 213 g/mol. The van der Waals surface area contributed by atoms with Gasteiger partial charge in [-0.3, -0.25) is 14.9 Å². The van der Waals surface area contributed by atoms with Gasteiger partial charge in [0, 0.05) is 6.20 Å². The molecule has 14 heavy (non-hydrogen) atoms. The molecule has 0 unspecified atom stereocenters. The van der Waals surface area contributed by atoms with Crippen molar-refractivity contribution in [3.8, 4) is 0 Å². The van der Waals surface area contributed by atoms with Crippen molar-refractivity contribution in [3.05, 3.63) is 24.7 Å². The second kappa shape index (κ2) is 3.14. The Balaban J connectivity index is 2.27. The number of sulfonamides is 1. The van der Waals surface area contributed by atoms with E-state index in [0.717, 1.165) is 0 Å². The Morgan fingerprint density at radius 3 is 2.79 bits per heavy atom. The molecule has 2 aromatic rings. The monoisotopic (exact) mass is 213 g/mol. The molecule has 0 atom stereocenters. The minimum Gasteiger partial charge on any atom is -0.284 e. The summed E-state index contributed by atoms with van der Waals surface area (Å²) in [4.78, 5) is 0. The van der Waals surface area contributed by atoms with Gasteiger partial charge in [0.2, 0.25) is 0 Å². The topological polar surface area (TPSA) is 104 Å². The van der Waals surface area contributed by atoms with Crippen molar-refractivity contribution in [2.75, 3.05) is 4.72 Å². The lowest BCUT2D eigenvalue weighted by atomic mass is 10.6. The average Bonchev–Trinajstić information content (AvgIpc) is 2.71. The predicted molar refractivity (Wildman–Crippen MR) is 48.0 cm³/mol. The fourth-order valence-corrected chi connectivity index (χ4v) is 1.85. The van der Waals surface area contributed by atoms with Crippen LogP contribution in [0.5, 0.6) is 0 Å². The molecule has 0 saturated heterocycles. The molecule has 0 fully saturated rings. The van der Waals surface area contributed by atoms with Crippen LogP contribution in [0.25, 0.3) is 0 Å². The van der Waals surface area contributed by atoms with Gasteiger partial charge in [-0.05, 0) is 6.07 Å². The van der Waals surface area contributed by atoms with Gasteiger partial charge in [-0.25, -0.2) is 0 Å². The first-order valence-corrected chi connectivity index (χ1v) is 5.18. The highest BCUT2D eigenvalue weighted by Gasteiger charge is 2.15. The Kier molecular flexibility index (Phi) is 1.97. The van der Waals surface area contributed by atoms with Crippen LogP contribution in [0.2, 0.25) is 0 Å². The van der Waals surface area contributed by atoms with Gasteiger partial charge < -0.3 is 0 Å². The molecule has 0 amide bonds. The Morgan fingerprint density at radius 1 is 1.36 bits per heavy atom. The first-order valence-electron chi connectivity index (χ1n) is 3.69. The van der Waals surface area contributed by atoms with Crippen LogP contribution in [0.15, 0.2) is 29.7 Å². The highest BCUT2D eigenvalue weighted by molar-refractivity contribution is 7.92. The van der Waals surface area contributed by atoms with E-state index >= 15 is 0 Å². The van der Waals surface area contributed by atoms with Gasteiger partial charge in [0.1, 0.15) is 0 Å². The van der Waals surface area contributed by atoms with Gasteiger partial charge in [0.25, 0.3) is 10.0 Å². The van der Waals surface area contributed by atoms with Crippen molar-refractivity contribution in [1.29, 1.82) is 0 Å². The molecule has 0 aliphatic heterocycles. The summed E-state index contributed by atoms with van der Waals surface area (Å²) in [6.07, 6.45) is 4.17. The van der Waals surface area contributed by atoms with Crippen LogP contribution in [-0.4, -0.2) is 28.8 Å². The molecule has 2 heterocycles. The maximum absolute atomic E-state index is 11.5. The third-order valence-electron chi connectivity index (χ3n) is 1.52. The van der Waals surface area contributed by atoms with E-state index in [1.165, 1.54) is 24.7 Å².